The van der Waals surface area contributed by atoms with Gasteiger partial charge in [-0.1, -0.05) is 5.46 Å². The average molecular weight is 317 g/mol. The molecule has 23 heavy (non-hydrogen) atoms. The van der Waals surface area contributed by atoms with Gasteiger partial charge in [0.15, 0.2) is 7.85 Å². The zero-order valence-corrected chi connectivity index (χ0v) is 14.4. The zero-order chi connectivity index (χ0) is 17.8. The number of halogens is 2. The van der Waals surface area contributed by atoms with Gasteiger partial charge in [0.2, 0.25) is 5.82 Å². The van der Waals surface area contributed by atoms with Gasteiger partial charge in [-0.05, 0) is 45.3 Å². The summed E-state index contributed by atoms with van der Waals surface area (Å²) in [5, 5.41) is 0. The number of benzene rings is 1. The second kappa shape index (κ2) is 5.52. The minimum absolute atomic E-state index is 0.0894. The Kier molecular flexibility index (Phi) is 4.40. The first-order chi connectivity index (χ1) is 10.3. The van der Waals surface area contributed by atoms with E-state index in [0.717, 1.165) is 0 Å². The third-order valence-electron chi connectivity index (χ3n) is 4.54. The van der Waals surface area contributed by atoms with Gasteiger partial charge in [0.1, 0.15) is 7.85 Å². The molecule has 1 saturated heterocycles. The molecule has 2 rings (SSSR count). The van der Waals surface area contributed by atoms with E-state index in [9.17, 15) is 8.78 Å². The second-order valence-electron chi connectivity index (χ2n) is 7.10. The summed E-state index contributed by atoms with van der Waals surface area (Å²) in [6, 6.07) is 3.04. The van der Waals surface area contributed by atoms with Crippen molar-refractivity contribution in [2.45, 2.75) is 44.7 Å². The molecule has 0 aromatic heterocycles. The number of hydrogen-bond donors (Lipinski definition) is 0. The molecule has 1 aromatic carbocycles. The molecule has 0 bridgehead atoms. The summed E-state index contributed by atoms with van der Waals surface area (Å²) < 4.78 is 39.6. The van der Waals surface area contributed by atoms with Crippen LogP contribution >= 0.6 is 0 Å². The van der Waals surface area contributed by atoms with E-state index >= 15 is 0 Å². The van der Waals surface area contributed by atoms with Crippen molar-refractivity contribution in [1.82, 2.24) is 0 Å². The SMILES string of the molecule is [B]c1cc(N(C)C)cc(B2OC(C)(C)C(C)(C)O2)c1C([B])(F)F. The number of nitrogens with zero attached hydrogens (tertiary/aromatic N) is 1. The van der Waals surface area contributed by atoms with E-state index in [1.54, 1.807) is 25.1 Å². The summed E-state index contributed by atoms with van der Waals surface area (Å²) in [5.74, 6) is -3.59. The average Bonchev–Trinajstić information content (AvgIpc) is 2.55. The predicted octanol–water partition coefficient (Wildman–Crippen LogP) is 1.06. The number of hydrogen-bond acceptors (Lipinski definition) is 3. The standard InChI is InChI=1S/C15H20B3F2NO2/c1-13(2)14(3,4)23-18(22-13)11-8-9(21(5)6)7-10(16)12(11)15(17,19)20/h7-8H,1-6H3. The topological polar surface area (TPSA) is 21.7 Å². The van der Waals surface area contributed by atoms with Gasteiger partial charge in [-0.15, -0.1) is 0 Å². The highest BCUT2D eigenvalue weighted by Gasteiger charge is 2.53. The Bertz CT molecular complexity index is 599. The molecule has 1 fully saturated rings. The molecule has 0 spiro atoms. The molecule has 4 radical (unpaired) electrons. The van der Waals surface area contributed by atoms with Gasteiger partial charge < -0.3 is 14.2 Å². The predicted molar refractivity (Wildman–Crippen MR) is 91.5 cm³/mol. The van der Waals surface area contributed by atoms with Crippen molar-refractivity contribution < 1.29 is 18.1 Å². The molecule has 1 aliphatic rings. The molecule has 8 heteroatoms. The van der Waals surface area contributed by atoms with E-state index in [1.165, 1.54) is 6.07 Å². The van der Waals surface area contributed by atoms with Crippen LogP contribution in [-0.4, -0.2) is 48.1 Å². The Labute approximate surface area is 139 Å². The first-order valence-corrected chi connectivity index (χ1v) is 7.40. The van der Waals surface area contributed by atoms with Crippen LogP contribution in [0.2, 0.25) is 0 Å². The lowest BCUT2D eigenvalue weighted by Gasteiger charge is -2.32. The molecule has 1 heterocycles. The highest BCUT2D eigenvalue weighted by atomic mass is 19.3. The third-order valence-corrected chi connectivity index (χ3v) is 4.54. The lowest BCUT2D eigenvalue weighted by molar-refractivity contribution is 0.00578. The van der Waals surface area contributed by atoms with Gasteiger partial charge in [0, 0.05) is 25.3 Å². The molecule has 0 amide bonds. The van der Waals surface area contributed by atoms with Crippen LogP contribution in [0.5, 0.6) is 0 Å². The minimum Gasteiger partial charge on any atom is -0.399 e. The molecule has 0 unspecified atom stereocenters. The Balaban J connectivity index is 2.61. The third kappa shape index (κ3) is 3.29. The van der Waals surface area contributed by atoms with E-state index in [0.29, 0.717) is 5.69 Å². The smallest absolute Gasteiger partial charge is 0.399 e. The maximum absolute atomic E-state index is 13.9. The zero-order valence-electron chi connectivity index (χ0n) is 14.4. The molecule has 0 aliphatic carbocycles. The maximum atomic E-state index is 13.9. The highest BCUT2D eigenvalue weighted by Crippen LogP contribution is 2.37. The van der Waals surface area contributed by atoms with Crippen molar-refractivity contribution >= 4 is 39.4 Å². The van der Waals surface area contributed by atoms with Gasteiger partial charge in [-0.25, -0.2) is 8.78 Å². The number of rotatable bonds is 3. The normalized spacial score (nSPS) is 19.9. The van der Waals surface area contributed by atoms with Crippen LogP contribution in [0.4, 0.5) is 14.5 Å². The fourth-order valence-corrected chi connectivity index (χ4v) is 2.47. The van der Waals surface area contributed by atoms with Crippen LogP contribution in [0.15, 0.2) is 12.1 Å². The molecule has 0 atom stereocenters. The van der Waals surface area contributed by atoms with Crippen LogP contribution in [0, 0.1) is 0 Å². The van der Waals surface area contributed by atoms with E-state index in [-0.39, 0.29) is 10.9 Å². The molecule has 0 saturated carbocycles. The van der Waals surface area contributed by atoms with Crippen LogP contribution in [0.3, 0.4) is 0 Å². The van der Waals surface area contributed by atoms with Crippen molar-refractivity contribution in [2.75, 3.05) is 19.0 Å². The number of anilines is 1. The Morgan fingerprint density at radius 2 is 1.57 bits per heavy atom. The lowest BCUT2D eigenvalue weighted by atomic mass is 9.67. The second-order valence-corrected chi connectivity index (χ2v) is 7.10. The molecular weight excluding hydrogens is 297 g/mol. The molecule has 120 valence electrons. The Hall–Kier alpha value is -1.01. The Morgan fingerprint density at radius 3 is 1.96 bits per heavy atom. The maximum Gasteiger partial charge on any atom is 0.495 e. The van der Waals surface area contributed by atoms with Crippen molar-refractivity contribution in [2.24, 2.45) is 0 Å². The largest absolute Gasteiger partial charge is 0.495 e. The first-order valence-electron chi connectivity index (χ1n) is 7.40. The van der Waals surface area contributed by atoms with Crippen LogP contribution < -0.4 is 15.8 Å². The van der Waals surface area contributed by atoms with Gasteiger partial charge in [-0.3, -0.25) is 0 Å². The number of alkyl halides is 2. The molecule has 1 aliphatic heterocycles. The molecule has 3 nitrogen and oxygen atoms in total. The first kappa shape index (κ1) is 18.3. The van der Waals surface area contributed by atoms with Gasteiger partial charge in [0.05, 0.1) is 11.2 Å². The van der Waals surface area contributed by atoms with Gasteiger partial charge in [-0.2, -0.15) is 0 Å². The van der Waals surface area contributed by atoms with E-state index in [2.05, 4.69) is 0 Å². The summed E-state index contributed by atoms with van der Waals surface area (Å²) in [6.07, 6.45) is 0. The summed E-state index contributed by atoms with van der Waals surface area (Å²) in [5.41, 5.74) is -1.03. The van der Waals surface area contributed by atoms with E-state index < -0.39 is 29.7 Å². The fraction of sp³-hybridized carbons (Fsp3) is 0.600. The summed E-state index contributed by atoms with van der Waals surface area (Å²) in [7, 11) is 13.5. The fourth-order valence-electron chi connectivity index (χ4n) is 2.47. The van der Waals surface area contributed by atoms with Crippen LogP contribution in [0.1, 0.15) is 33.3 Å². The van der Waals surface area contributed by atoms with Crippen LogP contribution in [-0.2, 0) is 15.1 Å². The monoisotopic (exact) mass is 317 g/mol. The molecular formula is C15H20B3F2NO2. The summed E-state index contributed by atoms with van der Waals surface area (Å²) in [6.45, 7) is 7.41. The highest BCUT2D eigenvalue weighted by molar-refractivity contribution is 6.64. The van der Waals surface area contributed by atoms with Crippen LogP contribution in [0.25, 0.3) is 0 Å². The molecule has 1 aromatic rings. The van der Waals surface area contributed by atoms with Gasteiger partial charge in [0.25, 0.3) is 0 Å². The van der Waals surface area contributed by atoms with Gasteiger partial charge >= 0.3 is 7.12 Å². The Morgan fingerprint density at radius 1 is 1.09 bits per heavy atom. The summed E-state index contributed by atoms with van der Waals surface area (Å²) in [4.78, 5) is 1.77. The summed E-state index contributed by atoms with van der Waals surface area (Å²) >= 11 is 0. The van der Waals surface area contributed by atoms with E-state index in [1.807, 2.05) is 27.7 Å². The van der Waals surface area contributed by atoms with Crippen molar-refractivity contribution in [3.8, 4) is 0 Å². The molecule has 0 N–H and O–H groups in total. The van der Waals surface area contributed by atoms with Crippen molar-refractivity contribution in [3.63, 3.8) is 0 Å². The lowest BCUT2D eigenvalue weighted by Crippen LogP contribution is -2.44. The van der Waals surface area contributed by atoms with E-state index in [4.69, 9.17) is 25.0 Å². The van der Waals surface area contributed by atoms with Crippen molar-refractivity contribution in [3.05, 3.63) is 17.7 Å². The quantitative estimate of drug-likeness (QED) is 0.779. The minimum atomic E-state index is -3.59. The van der Waals surface area contributed by atoms with Crippen molar-refractivity contribution in [1.29, 1.82) is 0 Å².